The van der Waals surface area contributed by atoms with Crippen LogP contribution in [0.15, 0.2) is 28.8 Å². The summed E-state index contributed by atoms with van der Waals surface area (Å²) in [5, 5.41) is 7.02. The third-order valence-corrected chi connectivity index (χ3v) is 4.43. The van der Waals surface area contributed by atoms with Crippen molar-refractivity contribution in [3.63, 3.8) is 0 Å². The Kier molecular flexibility index (Phi) is 5.46. The van der Waals surface area contributed by atoms with E-state index in [0.29, 0.717) is 36.9 Å². The van der Waals surface area contributed by atoms with Crippen LogP contribution in [0, 0.1) is 11.7 Å². The molecule has 1 N–H and O–H groups in total. The Hall–Kier alpha value is -2.24. The number of amides is 1. The first-order chi connectivity index (χ1) is 12.0. The molecule has 1 heterocycles. The van der Waals surface area contributed by atoms with Gasteiger partial charge in [-0.25, -0.2) is 4.39 Å². The number of nitrogens with zero attached hydrogens (tertiary/aromatic N) is 2. The zero-order chi connectivity index (χ0) is 17.8. The lowest BCUT2D eigenvalue weighted by Crippen LogP contribution is -2.29. The molecule has 5 nitrogen and oxygen atoms in total. The maximum Gasteiger partial charge on any atom is 0.226 e. The minimum Gasteiger partial charge on any atom is -0.349 e. The molecule has 1 aromatic heterocycles. The van der Waals surface area contributed by atoms with E-state index in [-0.39, 0.29) is 23.7 Å². The second-order valence-corrected chi connectivity index (χ2v) is 6.99. The number of hydrogen-bond donors (Lipinski definition) is 1. The third-order valence-electron chi connectivity index (χ3n) is 4.43. The van der Waals surface area contributed by atoms with Crippen LogP contribution in [-0.2, 0) is 11.2 Å². The van der Waals surface area contributed by atoms with E-state index in [2.05, 4.69) is 15.5 Å². The second kappa shape index (κ2) is 7.76. The molecule has 1 aliphatic carbocycles. The molecule has 1 unspecified atom stereocenters. The van der Waals surface area contributed by atoms with E-state index in [0.717, 1.165) is 18.4 Å². The molecule has 0 aliphatic heterocycles. The molecule has 1 saturated carbocycles. The van der Waals surface area contributed by atoms with E-state index in [1.165, 1.54) is 12.1 Å². The summed E-state index contributed by atoms with van der Waals surface area (Å²) in [5.41, 5.74) is 0.968. The fourth-order valence-electron chi connectivity index (χ4n) is 2.82. The molecule has 6 heteroatoms. The first kappa shape index (κ1) is 17.6. The molecule has 1 fully saturated rings. The van der Waals surface area contributed by atoms with Crippen LogP contribution >= 0.6 is 0 Å². The summed E-state index contributed by atoms with van der Waals surface area (Å²) in [6.07, 6.45) is 3.86. The smallest absolute Gasteiger partial charge is 0.226 e. The summed E-state index contributed by atoms with van der Waals surface area (Å²) < 4.78 is 18.3. The van der Waals surface area contributed by atoms with Crippen LogP contribution in [0.2, 0.25) is 0 Å². The number of nitrogens with one attached hydrogen (secondary N) is 1. The molecule has 1 aromatic carbocycles. The van der Waals surface area contributed by atoms with Crippen LogP contribution < -0.4 is 5.32 Å². The van der Waals surface area contributed by atoms with E-state index in [1.54, 1.807) is 12.1 Å². The molecule has 0 saturated heterocycles. The number of hydrogen-bond acceptors (Lipinski definition) is 4. The standard InChI is InChI=1S/C19H24FN3O2/c1-12(2)19-22-17(25-23-19)5-3-4-16(24)21-18(13-6-7-13)14-8-10-15(20)11-9-14/h8-13,18H,3-7H2,1-2H3,(H,21,24). The van der Waals surface area contributed by atoms with Crippen LogP contribution in [0.3, 0.4) is 0 Å². The normalized spacial score (nSPS) is 15.4. The summed E-state index contributed by atoms with van der Waals surface area (Å²) >= 11 is 0. The summed E-state index contributed by atoms with van der Waals surface area (Å²) in [4.78, 5) is 16.6. The molecule has 0 bridgehead atoms. The van der Waals surface area contributed by atoms with Crippen molar-refractivity contribution in [1.82, 2.24) is 15.5 Å². The number of rotatable bonds is 8. The van der Waals surface area contributed by atoms with E-state index < -0.39 is 0 Å². The predicted octanol–water partition coefficient (Wildman–Crippen LogP) is 3.92. The number of halogens is 1. The minimum atomic E-state index is -0.259. The number of carbonyl (C=O) groups excluding carboxylic acids is 1. The Morgan fingerprint density at radius 2 is 2.04 bits per heavy atom. The monoisotopic (exact) mass is 345 g/mol. The van der Waals surface area contributed by atoms with Gasteiger partial charge in [0.15, 0.2) is 5.82 Å². The van der Waals surface area contributed by atoms with E-state index in [1.807, 2.05) is 13.8 Å². The SMILES string of the molecule is CC(C)c1noc(CCCC(=O)NC(c2ccc(F)cc2)C2CC2)n1. The highest BCUT2D eigenvalue weighted by atomic mass is 19.1. The topological polar surface area (TPSA) is 68.0 Å². The Labute approximate surface area is 147 Å². The van der Waals surface area contributed by atoms with Crippen LogP contribution in [0.5, 0.6) is 0 Å². The van der Waals surface area contributed by atoms with Gasteiger partial charge in [-0.05, 0) is 42.9 Å². The van der Waals surface area contributed by atoms with Gasteiger partial charge in [0.2, 0.25) is 11.8 Å². The summed E-state index contributed by atoms with van der Waals surface area (Å²) in [6, 6.07) is 6.37. The minimum absolute atomic E-state index is 0.00447. The van der Waals surface area contributed by atoms with E-state index in [4.69, 9.17) is 4.52 Å². The van der Waals surface area contributed by atoms with Crippen molar-refractivity contribution in [2.75, 3.05) is 0 Å². The van der Waals surface area contributed by atoms with Crippen molar-refractivity contribution < 1.29 is 13.7 Å². The molecule has 2 aromatic rings. The molecule has 134 valence electrons. The molecule has 1 atom stereocenters. The first-order valence-electron chi connectivity index (χ1n) is 8.90. The molecule has 1 aliphatic rings. The summed E-state index contributed by atoms with van der Waals surface area (Å²) in [6.45, 7) is 4.02. The number of benzene rings is 1. The van der Waals surface area contributed by atoms with Gasteiger partial charge in [-0.3, -0.25) is 4.79 Å². The maximum atomic E-state index is 13.1. The lowest BCUT2D eigenvalue weighted by atomic mass is 10.0. The molecule has 0 radical (unpaired) electrons. The van der Waals surface area contributed by atoms with Crippen molar-refractivity contribution in [2.24, 2.45) is 5.92 Å². The Balaban J connectivity index is 1.49. The molecule has 3 rings (SSSR count). The van der Waals surface area contributed by atoms with Crippen LogP contribution in [0.25, 0.3) is 0 Å². The number of carbonyl (C=O) groups is 1. The van der Waals surface area contributed by atoms with Gasteiger partial charge in [0, 0.05) is 18.8 Å². The van der Waals surface area contributed by atoms with Crippen molar-refractivity contribution in [3.8, 4) is 0 Å². The van der Waals surface area contributed by atoms with E-state index in [9.17, 15) is 9.18 Å². The maximum absolute atomic E-state index is 13.1. The zero-order valence-electron chi connectivity index (χ0n) is 14.7. The predicted molar refractivity (Wildman–Crippen MR) is 91.3 cm³/mol. The van der Waals surface area contributed by atoms with Crippen LogP contribution in [-0.4, -0.2) is 16.0 Å². The highest BCUT2D eigenvalue weighted by molar-refractivity contribution is 5.76. The zero-order valence-corrected chi connectivity index (χ0v) is 14.7. The second-order valence-electron chi connectivity index (χ2n) is 6.99. The fraction of sp³-hybridized carbons (Fsp3) is 0.526. The average Bonchev–Trinajstić information content (AvgIpc) is 3.31. The molecule has 25 heavy (non-hydrogen) atoms. The van der Waals surface area contributed by atoms with Crippen LogP contribution in [0.4, 0.5) is 4.39 Å². The van der Waals surface area contributed by atoms with E-state index >= 15 is 0 Å². The average molecular weight is 345 g/mol. The van der Waals surface area contributed by atoms with Crippen LogP contribution in [0.1, 0.15) is 68.8 Å². The molecular formula is C19H24FN3O2. The highest BCUT2D eigenvalue weighted by Crippen LogP contribution is 2.41. The Bertz CT molecular complexity index is 708. The van der Waals surface area contributed by atoms with Gasteiger partial charge >= 0.3 is 0 Å². The summed E-state index contributed by atoms with van der Waals surface area (Å²) in [7, 11) is 0. The van der Waals surface area contributed by atoms with Gasteiger partial charge in [0.05, 0.1) is 6.04 Å². The van der Waals surface area contributed by atoms with Gasteiger partial charge in [0.1, 0.15) is 5.82 Å². The first-order valence-corrected chi connectivity index (χ1v) is 8.90. The van der Waals surface area contributed by atoms with Gasteiger partial charge in [-0.2, -0.15) is 4.98 Å². The van der Waals surface area contributed by atoms with Gasteiger partial charge in [-0.1, -0.05) is 31.1 Å². The molecule has 0 spiro atoms. The van der Waals surface area contributed by atoms with Gasteiger partial charge in [0.25, 0.3) is 0 Å². The quantitative estimate of drug-likeness (QED) is 0.787. The summed E-state index contributed by atoms with van der Waals surface area (Å²) in [5.74, 6) is 1.71. The molecular weight excluding hydrogens is 321 g/mol. The number of aromatic nitrogens is 2. The van der Waals surface area contributed by atoms with Gasteiger partial charge < -0.3 is 9.84 Å². The molecule has 1 amide bonds. The van der Waals surface area contributed by atoms with Crippen molar-refractivity contribution in [1.29, 1.82) is 0 Å². The largest absolute Gasteiger partial charge is 0.349 e. The Morgan fingerprint density at radius 3 is 2.64 bits per heavy atom. The third kappa shape index (κ3) is 4.87. The fourth-order valence-corrected chi connectivity index (χ4v) is 2.82. The lowest BCUT2D eigenvalue weighted by molar-refractivity contribution is -0.122. The Morgan fingerprint density at radius 1 is 1.32 bits per heavy atom. The van der Waals surface area contributed by atoms with Crippen molar-refractivity contribution in [2.45, 2.75) is 57.9 Å². The van der Waals surface area contributed by atoms with Gasteiger partial charge in [-0.15, -0.1) is 0 Å². The van der Waals surface area contributed by atoms with Crippen molar-refractivity contribution >= 4 is 5.91 Å². The highest BCUT2D eigenvalue weighted by Gasteiger charge is 2.33. The van der Waals surface area contributed by atoms with Crippen molar-refractivity contribution in [3.05, 3.63) is 47.4 Å². The number of aryl methyl sites for hydroxylation is 1. The lowest BCUT2D eigenvalue weighted by Gasteiger charge is -2.18.